The number of hydrogen-bond donors (Lipinski definition) is 2. The number of nitrogens with one attached hydrogen (secondary N) is 2. The first-order chi connectivity index (χ1) is 8.04. The molecule has 17 heavy (non-hydrogen) atoms. The van der Waals surface area contributed by atoms with Crippen LogP contribution in [-0.2, 0) is 4.79 Å². The van der Waals surface area contributed by atoms with Crippen LogP contribution in [0.5, 0.6) is 0 Å². The number of anilines is 1. The molecule has 0 spiro atoms. The standard InChI is InChI=1S/C12H16Br2N2O/c1-3-15-8(2)7-11(17)16-12-9(13)5-4-6-10(12)14/h4-6,8,15H,3,7H2,1-2H3,(H,16,17). The van der Waals surface area contributed by atoms with Crippen LogP contribution < -0.4 is 10.6 Å². The summed E-state index contributed by atoms with van der Waals surface area (Å²) in [5.41, 5.74) is 0.779. The summed E-state index contributed by atoms with van der Waals surface area (Å²) >= 11 is 6.82. The summed E-state index contributed by atoms with van der Waals surface area (Å²) in [7, 11) is 0. The zero-order valence-corrected chi connectivity index (χ0v) is 13.1. The summed E-state index contributed by atoms with van der Waals surface area (Å²) in [5.74, 6) is 0.00560. The molecule has 0 aromatic heterocycles. The van der Waals surface area contributed by atoms with E-state index in [9.17, 15) is 4.79 Å². The summed E-state index contributed by atoms with van der Waals surface area (Å²) in [6, 6.07) is 5.88. The van der Waals surface area contributed by atoms with Crippen molar-refractivity contribution in [1.82, 2.24) is 5.32 Å². The van der Waals surface area contributed by atoms with Crippen molar-refractivity contribution in [3.8, 4) is 0 Å². The van der Waals surface area contributed by atoms with Gasteiger partial charge >= 0.3 is 0 Å². The molecular formula is C12H16Br2N2O. The van der Waals surface area contributed by atoms with Crippen molar-refractivity contribution in [2.24, 2.45) is 0 Å². The minimum absolute atomic E-state index is 0.00560. The van der Waals surface area contributed by atoms with Crippen molar-refractivity contribution < 1.29 is 4.79 Å². The highest BCUT2D eigenvalue weighted by Gasteiger charge is 2.11. The van der Waals surface area contributed by atoms with Gasteiger partial charge in [0.05, 0.1) is 5.69 Å². The molecule has 0 fully saturated rings. The van der Waals surface area contributed by atoms with E-state index in [1.165, 1.54) is 0 Å². The van der Waals surface area contributed by atoms with Crippen molar-refractivity contribution in [2.45, 2.75) is 26.3 Å². The van der Waals surface area contributed by atoms with Crippen molar-refractivity contribution in [3.63, 3.8) is 0 Å². The Morgan fingerprint density at radius 3 is 2.47 bits per heavy atom. The predicted molar refractivity (Wildman–Crippen MR) is 78.2 cm³/mol. The molecule has 0 saturated heterocycles. The Hall–Kier alpha value is -0.390. The number of benzene rings is 1. The highest BCUT2D eigenvalue weighted by Crippen LogP contribution is 2.30. The fourth-order valence-electron chi connectivity index (χ4n) is 1.51. The lowest BCUT2D eigenvalue weighted by Gasteiger charge is -2.13. The second-order valence-corrected chi connectivity index (χ2v) is 5.52. The largest absolute Gasteiger partial charge is 0.324 e. The molecule has 0 bridgehead atoms. The maximum Gasteiger partial charge on any atom is 0.225 e. The molecular weight excluding hydrogens is 348 g/mol. The van der Waals surface area contributed by atoms with Gasteiger partial charge in [0.25, 0.3) is 0 Å². The van der Waals surface area contributed by atoms with Crippen LogP contribution in [0.3, 0.4) is 0 Å². The summed E-state index contributed by atoms with van der Waals surface area (Å²) in [5, 5.41) is 6.10. The average molecular weight is 364 g/mol. The Kier molecular flexibility index (Phi) is 6.16. The van der Waals surface area contributed by atoms with Crippen LogP contribution in [0.25, 0.3) is 0 Å². The molecule has 1 amide bonds. The maximum atomic E-state index is 11.8. The number of hydrogen-bond acceptors (Lipinski definition) is 2. The first-order valence-electron chi connectivity index (χ1n) is 5.51. The van der Waals surface area contributed by atoms with Gasteiger partial charge in [-0.25, -0.2) is 0 Å². The van der Waals surface area contributed by atoms with Gasteiger partial charge in [0.15, 0.2) is 0 Å². The van der Waals surface area contributed by atoms with E-state index in [0.717, 1.165) is 21.2 Å². The molecule has 1 aromatic rings. The minimum Gasteiger partial charge on any atom is -0.324 e. The van der Waals surface area contributed by atoms with Crippen molar-refractivity contribution in [3.05, 3.63) is 27.1 Å². The zero-order chi connectivity index (χ0) is 12.8. The highest BCUT2D eigenvalue weighted by atomic mass is 79.9. The van der Waals surface area contributed by atoms with Crippen LogP contribution >= 0.6 is 31.9 Å². The molecule has 0 aliphatic rings. The topological polar surface area (TPSA) is 41.1 Å². The smallest absolute Gasteiger partial charge is 0.225 e. The van der Waals surface area contributed by atoms with Gasteiger partial charge in [-0.15, -0.1) is 0 Å². The van der Waals surface area contributed by atoms with Gasteiger partial charge in [0.1, 0.15) is 0 Å². The number of carbonyl (C=O) groups excluding carboxylic acids is 1. The van der Waals surface area contributed by atoms with E-state index in [1.54, 1.807) is 0 Å². The Balaban J connectivity index is 2.62. The fourth-order valence-corrected chi connectivity index (χ4v) is 2.70. The zero-order valence-electron chi connectivity index (χ0n) is 9.89. The average Bonchev–Trinajstić information content (AvgIpc) is 2.24. The Morgan fingerprint density at radius 1 is 1.35 bits per heavy atom. The van der Waals surface area contributed by atoms with Crippen molar-refractivity contribution in [2.75, 3.05) is 11.9 Å². The molecule has 3 nitrogen and oxygen atoms in total. The number of para-hydroxylation sites is 1. The van der Waals surface area contributed by atoms with Gasteiger partial charge in [0.2, 0.25) is 5.91 Å². The first-order valence-corrected chi connectivity index (χ1v) is 7.10. The normalized spacial score (nSPS) is 12.2. The van der Waals surface area contributed by atoms with E-state index in [1.807, 2.05) is 32.0 Å². The van der Waals surface area contributed by atoms with Crippen LogP contribution in [0, 0.1) is 0 Å². The van der Waals surface area contributed by atoms with E-state index in [0.29, 0.717) is 6.42 Å². The van der Waals surface area contributed by atoms with Gasteiger partial charge in [-0.05, 0) is 57.5 Å². The summed E-state index contributed by atoms with van der Waals surface area (Å²) in [6.45, 7) is 4.89. The van der Waals surface area contributed by atoms with Crippen LogP contribution in [-0.4, -0.2) is 18.5 Å². The minimum atomic E-state index is 0.00560. The molecule has 94 valence electrons. The van der Waals surface area contributed by atoms with Gasteiger partial charge in [-0.2, -0.15) is 0 Å². The number of amides is 1. The molecule has 1 rings (SSSR count). The molecule has 1 aromatic carbocycles. The third-order valence-corrected chi connectivity index (χ3v) is 3.59. The molecule has 0 radical (unpaired) electrons. The van der Waals surface area contributed by atoms with E-state index in [-0.39, 0.29) is 11.9 Å². The van der Waals surface area contributed by atoms with Crippen LogP contribution in [0.4, 0.5) is 5.69 Å². The third kappa shape index (κ3) is 4.77. The highest BCUT2D eigenvalue weighted by molar-refractivity contribution is 9.11. The van der Waals surface area contributed by atoms with Gasteiger partial charge < -0.3 is 10.6 Å². The lowest BCUT2D eigenvalue weighted by atomic mass is 10.2. The molecule has 0 heterocycles. The Morgan fingerprint density at radius 2 is 1.94 bits per heavy atom. The molecule has 0 aliphatic carbocycles. The maximum absolute atomic E-state index is 11.8. The first kappa shape index (κ1) is 14.7. The number of carbonyl (C=O) groups is 1. The van der Waals surface area contributed by atoms with Gasteiger partial charge in [-0.3, -0.25) is 4.79 Å². The van der Waals surface area contributed by atoms with E-state index in [4.69, 9.17) is 0 Å². The van der Waals surface area contributed by atoms with E-state index in [2.05, 4.69) is 42.5 Å². The SMILES string of the molecule is CCNC(C)CC(=O)Nc1c(Br)cccc1Br. The second-order valence-electron chi connectivity index (χ2n) is 3.81. The molecule has 0 saturated carbocycles. The van der Waals surface area contributed by atoms with Crippen molar-refractivity contribution >= 4 is 43.5 Å². The predicted octanol–water partition coefficient (Wildman–Crippen LogP) is 3.54. The fraction of sp³-hybridized carbons (Fsp3) is 0.417. The van der Waals surface area contributed by atoms with Crippen molar-refractivity contribution in [1.29, 1.82) is 0 Å². The van der Waals surface area contributed by atoms with Gasteiger partial charge in [-0.1, -0.05) is 13.0 Å². The second kappa shape index (κ2) is 7.13. The van der Waals surface area contributed by atoms with E-state index < -0.39 is 0 Å². The molecule has 2 N–H and O–H groups in total. The third-order valence-electron chi connectivity index (χ3n) is 2.27. The Labute approximate surface area is 119 Å². The lowest BCUT2D eigenvalue weighted by Crippen LogP contribution is -2.30. The quantitative estimate of drug-likeness (QED) is 0.840. The lowest BCUT2D eigenvalue weighted by molar-refractivity contribution is -0.116. The Bertz CT molecular complexity index is 376. The van der Waals surface area contributed by atoms with Crippen LogP contribution in [0.2, 0.25) is 0 Å². The van der Waals surface area contributed by atoms with Crippen LogP contribution in [0.1, 0.15) is 20.3 Å². The molecule has 0 aliphatic heterocycles. The molecule has 1 atom stereocenters. The summed E-state index contributed by atoms with van der Waals surface area (Å²) in [6.07, 6.45) is 0.460. The summed E-state index contributed by atoms with van der Waals surface area (Å²) in [4.78, 5) is 11.8. The summed E-state index contributed by atoms with van der Waals surface area (Å²) < 4.78 is 1.74. The number of rotatable bonds is 5. The monoisotopic (exact) mass is 362 g/mol. The van der Waals surface area contributed by atoms with Crippen LogP contribution in [0.15, 0.2) is 27.1 Å². The van der Waals surface area contributed by atoms with Gasteiger partial charge in [0, 0.05) is 21.4 Å². The molecule has 1 unspecified atom stereocenters. The number of halogens is 2. The molecule has 5 heteroatoms. The van der Waals surface area contributed by atoms with E-state index >= 15 is 0 Å².